The summed E-state index contributed by atoms with van der Waals surface area (Å²) in [5, 5.41) is 5.43. The van der Waals surface area contributed by atoms with E-state index < -0.39 is 17.5 Å². The van der Waals surface area contributed by atoms with Crippen molar-refractivity contribution in [3.05, 3.63) is 90.0 Å². The molecule has 0 spiro atoms. The summed E-state index contributed by atoms with van der Waals surface area (Å²) in [7, 11) is 0. The highest BCUT2D eigenvalue weighted by molar-refractivity contribution is 5.96. The molecule has 3 aromatic rings. The molecule has 148 valence electrons. The van der Waals surface area contributed by atoms with E-state index in [4.69, 9.17) is 0 Å². The van der Waals surface area contributed by atoms with Crippen LogP contribution in [-0.4, -0.2) is 18.4 Å². The normalized spacial score (nSPS) is 10.4. The Balaban J connectivity index is 1.50. The first-order valence-electron chi connectivity index (χ1n) is 9.22. The van der Waals surface area contributed by atoms with E-state index in [2.05, 4.69) is 10.6 Å². The topological polar surface area (TPSA) is 58.2 Å². The van der Waals surface area contributed by atoms with E-state index in [1.54, 1.807) is 0 Å². The van der Waals surface area contributed by atoms with Gasteiger partial charge < -0.3 is 10.6 Å². The van der Waals surface area contributed by atoms with Crippen molar-refractivity contribution >= 4 is 17.5 Å². The van der Waals surface area contributed by atoms with Gasteiger partial charge in [-0.05, 0) is 30.2 Å². The Morgan fingerprint density at radius 2 is 1.59 bits per heavy atom. The molecule has 0 atom stereocenters. The monoisotopic (exact) mass is 394 g/mol. The van der Waals surface area contributed by atoms with Gasteiger partial charge in [-0.3, -0.25) is 9.59 Å². The number of halogens is 2. The largest absolute Gasteiger partial charge is 0.352 e. The van der Waals surface area contributed by atoms with Gasteiger partial charge in [0.1, 0.15) is 11.6 Å². The van der Waals surface area contributed by atoms with E-state index in [1.165, 1.54) is 0 Å². The van der Waals surface area contributed by atoms with Gasteiger partial charge in [0, 0.05) is 30.3 Å². The molecule has 0 aliphatic rings. The molecule has 0 unspecified atom stereocenters. The molecule has 0 radical (unpaired) electrons. The van der Waals surface area contributed by atoms with Gasteiger partial charge in [-0.2, -0.15) is 0 Å². The Kier molecular flexibility index (Phi) is 6.68. The third-order valence-corrected chi connectivity index (χ3v) is 4.33. The lowest BCUT2D eigenvalue weighted by Crippen LogP contribution is -2.26. The van der Waals surface area contributed by atoms with E-state index in [0.29, 0.717) is 18.2 Å². The predicted octanol–water partition coefficient (Wildman–Crippen LogP) is 4.78. The molecule has 0 aliphatic carbocycles. The van der Waals surface area contributed by atoms with Crippen LogP contribution in [-0.2, 0) is 4.79 Å². The van der Waals surface area contributed by atoms with Crippen molar-refractivity contribution in [1.29, 1.82) is 0 Å². The van der Waals surface area contributed by atoms with Crippen LogP contribution >= 0.6 is 0 Å². The van der Waals surface area contributed by atoms with Crippen molar-refractivity contribution < 1.29 is 18.4 Å². The van der Waals surface area contributed by atoms with Gasteiger partial charge in [0.15, 0.2) is 0 Å². The number of carbonyl (C=O) groups excluding carboxylic acids is 2. The first-order chi connectivity index (χ1) is 14.0. The number of rotatable bonds is 7. The number of carbonyl (C=O) groups is 2. The minimum atomic E-state index is -0.919. The van der Waals surface area contributed by atoms with Crippen LogP contribution in [0, 0.1) is 11.6 Å². The second-order valence-electron chi connectivity index (χ2n) is 6.44. The maximum Gasteiger partial charge on any atom is 0.254 e. The second kappa shape index (κ2) is 9.59. The molecule has 0 aromatic heterocycles. The Morgan fingerprint density at radius 1 is 0.862 bits per heavy atom. The summed E-state index contributed by atoms with van der Waals surface area (Å²) in [4.78, 5) is 24.2. The van der Waals surface area contributed by atoms with E-state index in [9.17, 15) is 18.4 Å². The highest BCUT2D eigenvalue weighted by Crippen LogP contribution is 2.27. The highest BCUT2D eigenvalue weighted by Gasteiger charge is 2.12. The molecule has 0 aliphatic heterocycles. The molecule has 3 aromatic carbocycles. The molecule has 0 bridgehead atoms. The minimum Gasteiger partial charge on any atom is -0.352 e. The van der Waals surface area contributed by atoms with Gasteiger partial charge in [0.25, 0.3) is 5.91 Å². The van der Waals surface area contributed by atoms with Crippen LogP contribution < -0.4 is 10.6 Å². The fourth-order valence-electron chi connectivity index (χ4n) is 2.89. The molecular weight excluding hydrogens is 374 g/mol. The van der Waals surface area contributed by atoms with Gasteiger partial charge in [-0.15, -0.1) is 0 Å². The van der Waals surface area contributed by atoms with Crippen molar-refractivity contribution in [2.45, 2.75) is 12.8 Å². The summed E-state index contributed by atoms with van der Waals surface area (Å²) in [6.07, 6.45) is 0.573. The lowest BCUT2D eigenvalue weighted by Gasteiger charge is -2.11. The highest BCUT2D eigenvalue weighted by atomic mass is 19.1. The van der Waals surface area contributed by atoms with E-state index >= 15 is 0 Å². The average Bonchev–Trinajstić information content (AvgIpc) is 2.72. The molecule has 0 heterocycles. The summed E-state index contributed by atoms with van der Waals surface area (Å²) in [6, 6.07) is 20.0. The summed E-state index contributed by atoms with van der Waals surface area (Å²) in [5.41, 5.74) is 2.40. The van der Waals surface area contributed by atoms with Gasteiger partial charge in [0.2, 0.25) is 5.91 Å². The third kappa shape index (κ3) is 5.48. The molecule has 6 heteroatoms. The molecule has 3 rings (SSSR count). The van der Waals surface area contributed by atoms with Crippen LogP contribution in [0.4, 0.5) is 14.5 Å². The van der Waals surface area contributed by atoms with Crippen molar-refractivity contribution in [3.63, 3.8) is 0 Å². The van der Waals surface area contributed by atoms with Gasteiger partial charge >= 0.3 is 0 Å². The predicted molar refractivity (Wildman–Crippen MR) is 108 cm³/mol. The van der Waals surface area contributed by atoms with Crippen LogP contribution in [0.1, 0.15) is 23.2 Å². The van der Waals surface area contributed by atoms with Crippen LogP contribution in [0.5, 0.6) is 0 Å². The molecule has 4 nitrogen and oxygen atoms in total. The van der Waals surface area contributed by atoms with E-state index in [1.807, 2.05) is 54.6 Å². The fraction of sp³-hybridized carbons (Fsp3) is 0.130. The van der Waals surface area contributed by atoms with Crippen molar-refractivity contribution in [3.8, 4) is 11.1 Å². The zero-order valence-electron chi connectivity index (χ0n) is 15.6. The van der Waals surface area contributed by atoms with Crippen LogP contribution in [0.25, 0.3) is 11.1 Å². The summed E-state index contributed by atoms with van der Waals surface area (Å²) < 4.78 is 26.5. The number of para-hydroxylation sites is 1. The molecule has 0 saturated carbocycles. The molecule has 0 fully saturated rings. The standard InChI is InChI=1S/C23H20F2N2O2/c24-17-12-13-19(20(25)15-17)23(29)26-14-6-11-22(28)27-21-10-5-4-9-18(21)16-7-2-1-3-8-16/h1-5,7-10,12-13,15H,6,11,14H2,(H,26,29)(H,27,28). The number of anilines is 1. The molecule has 2 N–H and O–H groups in total. The Bertz CT molecular complexity index is 1010. The fourth-order valence-corrected chi connectivity index (χ4v) is 2.89. The van der Waals surface area contributed by atoms with Gasteiger partial charge in [0.05, 0.1) is 5.56 Å². The van der Waals surface area contributed by atoms with Crippen LogP contribution in [0.15, 0.2) is 72.8 Å². The molecule has 2 amide bonds. The first kappa shape index (κ1) is 20.2. The van der Waals surface area contributed by atoms with E-state index in [0.717, 1.165) is 23.3 Å². The smallest absolute Gasteiger partial charge is 0.254 e. The lowest BCUT2D eigenvalue weighted by atomic mass is 10.0. The zero-order chi connectivity index (χ0) is 20.6. The maximum absolute atomic E-state index is 13.6. The van der Waals surface area contributed by atoms with Gasteiger partial charge in [-0.25, -0.2) is 8.78 Å². The SMILES string of the molecule is O=C(CCCNC(=O)c1ccc(F)cc1F)Nc1ccccc1-c1ccccc1. The Labute approximate surface area is 167 Å². The Hall–Kier alpha value is -3.54. The van der Waals surface area contributed by atoms with Gasteiger partial charge in [-0.1, -0.05) is 48.5 Å². The minimum absolute atomic E-state index is 0.185. The molecule has 0 saturated heterocycles. The quantitative estimate of drug-likeness (QED) is 0.567. The van der Waals surface area contributed by atoms with Crippen LogP contribution in [0.2, 0.25) is 0 Å². The number of nitrogens with one attached hydrogen (secondary N) is 2. The molecular formula is C23H20F2N2O2. The maximum atomic E-state index is 13.6. The summed E-state index contributed by atoms with van der Waals surface area (Å²) >= 11 is 0. The number of hydrogen-bond acceptors (Lipinski definition) is 2. The average molecular weight is 394 g/mol. The molecule has 29 heavy (non-hydrogen) atoms. The van der Waals surface area contributed by atoms with Crippen molar-refractivity contribution in [2.24, 2.45) is 0 Å². The number of hydrogen-bond donors (Lipinski definition) is 2. The van der Waals surface area contributed by atoms with Crippen LogP contribution in [0.3, 0.4) is 0 Å². The third-order valence-electron chi connectivity index (χ3n) is 4.33. The summed E-state index contributed by atoms with van der Waals surface area (Å²) in [5.74, 6) is -2.49. The van der Waals surface area contributed by atoms with Crippen molar-refractivity contribution in [2.75, 3.05) is 11.9 Å². The second-order valence-corrected chi connectivity index (χ2v) is 6.44. The first-order valence-corrected chi connectivity index (χ1v) is 9.22. The summed E-state index contributed by atoms with van der Waals surface area (Å²) in [6.45, 7) is 0.198. The Morgan fingerprint density at radius 3 is 2.34 bits per heavy atom. The lowest BCUT2D eigenvalue weighted by molar-refractivity contribution is -0.116. The van der Waals surface area contributed by atoms with E-state index in [-0.39, 0.29) is 24.4 Å². The number of benzene rings is 3. The number of amides is 2. The van der Waals surface area contributed by atoms with Crippen molar-refractivity contribution in [1.82, 2.24) is 5.32 Å². The zero-order valence-corrected chi connectivity index (χ0v) is 15.6.